The molecule has 158 valence electrons. The number of aromatic carboxylic acids is 1. The lowest BCUT2D eigenvalue weighted by Crippen LogP contribution is -2.21. The number of methoxy groups -OCH3 is 1. The Hall–Kier alpha value is -2.51. The van der Waals surface area contributed by atoms with E-state index in [9.17, 15) is 9.90 Å². The third kappa shape index (κ3) is 4.47. The molecule has 0 radical (unpaired) electrons. The van der Waals surface area contributed by atoms with Gasteiger partial charge in [0, 0.05) is 11.1 Å². The summed E-state index contributed by atoms with van der Waals surface area (Å²) in [5, 5.41) is 13.9. The third-order valence-electron chi connectivity index (χ3n) is 4.76. The number of rotatable bonds is 7. The molecule has 2 aromatic carbocycles. The lowest BCUT2D eigenvalue weighted by Gasteiger charge is -2.26. The lowest BCUT2D eigenvalue weighted by molar-refractivity contribution is 0.0689. The first-order valence-electron chi connectivity index (χ1n) is 9.40. The van der Waals surface area contributed by atoms with Crippen molar-refractivity contribution in [2.45, 2.75) is 32.9 Å². The van der Waals surface area contributed by atoms with Crippen molar-refractivity contribution in [3.8, 4) is 5.75 Å². The lowest BCUT2D eigenvalue weighted by atomic mass is 10.0. The SMILES string of the molecule is COc1ccc(C)cc1NC(c1ccc(Cl)cc1)c1c(C(=O)O)nc(Br)n1C(C)C. The van der Waals surface area contributed by atoms with Crippen LogP contribution in [0.4, 0.5) is 5.69 Å². The first kappa shape index (κ1) is 22.2. The van der Waals surface area contributed by atoms with Crippen LogP contribution in [-0.4, -0.2) is 27.7 Å². The van der Waals surface area contributed by atoms with Crippen molar-refractivity contribution in [3.05, 3.63) is 74.7 Å². The highest BCUT2D eigenvalue weighted by Gasteiger charge is 2.30. The van der Waals surface area contributed by atoms with Gasteiger partial charge in [-0.1, -0.05) is 29.8 Å². The molecular formula is C22H23BrClN3O3. The molecule has 0 aliphatic rings. The molecule has 3 rings (SSSR count). The summed E-state index contributed by atoms with van der Waals surface area (Å²) in [5.74, 6) is -0.437. The smallest absolute Gasteiger partial charge is 0.356 e. The number of aryl methyl sites for hydroxylation is 1. The number of aromatic nitrogens is 2. The average Bonchev–Trinajstić information content (AvgIpc) is 3.04. The van der Waals surface area contributed by atoms with Crippen molar-refractivity contribution < 1.29 is 14.6 Å². The standard InChI is InChI=1S/C22H23BrClN3O3/c1-12(2)27-20(19(21(28)29)26-22(27)23)18(14-6-8-15(24)9-7-14)25-16-11-13(3)5-10-17(16)30-4/h5-12,18,25H,1-4H3,(H,28,29). The number of imidazole rings is 1. The highest BCUT2D eigenvalue weighted by atomic mass is 79.9. The van der Waals surface area contributed by atoms with E-state index in [1.165, 1.54) is 0 Å². The summed E-state index contributed by atoms with van der Waals surface area (Å²) < 4.78 is 7.85. The van der Waals surface area contributed by atoms with E-state index in [2.05, 4.69) is 26.2 Å². The number of ether oxygens (including phenoxy) is 1. The summed E-state index contributed by atoms with van der Waals surface area (Å²) in [7, 11) is 1.60. The molecule has 0 aliphatic heterocycles. The van der Waals surface area contributed by atoms with E-state index in [0.29, 0.717) is 21.2 Å². The minimum absolute atomic E-state index is 0.0188. The summed E-state index contributed by atoms with van der Waals surface area (Å²) in [4.78, 5) is 16.3. The second-order valence-electron chi connectivity index (χ2n) is 7.22. The Morgan fingerprint density at radius 3 is 2.47 bits per heavy atom. The molecule has 1 aromatic heterocycles. The summed E-state index contributed by atoms with van der Waals surface area (Å²) in [6.45, 7) is 5.95. The van der Waals surface area contributed by atoms with Crippen molar-refractivity contribution in [2.24, 2.45) is 0 Å². The number of anilines is 1. The molecule has 0 amide bonds. The maximum Gasteiger partial charge on any atom is 0.356 e. The zero-order valence-corrected chi connectivity index (χ0v) is 19.5. The molecule has 0 fully saturated rings. The fourth-order valence-corrected chi connectivity index (χ4v) is 4.30. The normalized spacial score (nSPS) is 12.1. The van der Waals surface area contributed by atoms with E-state index in [-0.39, 0.29) is 11.7 Å². The fraction of sp³-hybridized carbons (Fsp3) is 0.273. The minimum Gasteiger partial charge on any atom is -0.495 e. The molecule has 6 nitrogen and oxygen atoms in total. The number of hydrogen-bond donors (Lipinski definition) is 2. The van der Waals surface area contributed by atoms with Crippen LogP contribution in [0.5, 0.6) is 5.75 Å². The monoisotopic (exact) mass is 491 g/mol. The number of carbonyl (C=O) groups is 1. The molecule has 3 aromatic rings. The van der Waals surface area contributed by atoms with Gasteiger partial charge in [0.15, 0.2) is 10.4 Å². The van der Waals surface area contributed by atoms with Crippen molar-refractivity contribution in [2.75, 3.05) is 12.4 Å². The molecule has 0 saturated heterocycles. The van der Waals surface area contributed by atoms with E-state index in [1.807, 2.05) is 55.7 Å². The van der Waals surface area contributed by atoms with E-state index < -0.39 is 12.0 Å². The first-order valence-corrected chi connectivity index (χ1v) is 10.6. The fourth-order valence-electron chi connectivity index (χ4n) is 3.40. The van der Waals surface area contributed by atoms with E-state index >= 15 is 0 Å². The van der Waals surface area contributed by atoms with Crippen molar-refractivity contribution in [3.63, 3.8) is 0 Å². The van der Waals surface area contributed by atoms with Crippen LogP contribution in [0.15, 0.2) is 47.2 Å². The van der Waals surface area contributed by atoms with Gasteiger partial charge in [-0.05, 0) is 72.1 Å². The van der Waals surface area contributed by atoms with Crippen LogP contribution >= 0.6 is 27.5 Å². The summed E-state index contributed by atoms with van der Waals surface area (Å²) in [5.41, 5.74) is 3.16. The molecule has 0 bridgehead atoms. The van der Waals surface area contributed by atoms with Crippen LogP contribution in [0.3, 0.4) is 0 Å². The average molecular weight is 493 g/mol. The topological polar surface area (TPSA) is 76.4 Å². The van der Waals surface area contributed by atoms with E-state index in [0.717, 1.165) is 16.8 Å². The van der Waals surface area contributed by atoms with Gasteiger partial charge in [0.05, 0.1) is 24.5 Å². The van der Waals surface area contributed by atoms with Crippen LogP contribution in [-0.2, 0) is 0 Å². The molecule has 0 aliphatic carbocycles. The van der Waals surface area contributed by atoms with Gasteiger partial charge in [-0.3, -0.25) is 0 Å². The number of nitrogens with one attached hydrogen (secondary N) is 1. The Bertz CT molecular complexity index is 1060. The van der Waals surface area contributed by atoms with Crippen LogP contribution < -0.4 is 10.1 Å². The Balaban J connectivity index is 2.25. The zero-order valence-electron chi connectivity index (χ0n) is 17.1. The van der Waals surface area contributed by atoms with Crippen molar-refractivity contribution >= 4 is 39.2 Å². The molecular weight excluding hydrogens is 470 g/mol. The van der Waals surface area contributed by atoms with E-state index in [4.69, 9.17) is 16.3 Å². The predicted octanol–water partition coefficient (Wildman–Crippen LogP) is 6.10. The molecule has 2 N–H and O–H groups in total. The van der Waals surface area contributed by atoms with Gasteiger partial charge in [-0.25, -0.2) is 9.78 Å². The van der Waals surface area contributed by atoms with Crippen LogP contribution in [0, 0.1) is 6.92 Å². The molecule has 0 spiro atoms. The summed E-state index contributed by atoms with van der Waals surface area (Å²) in [6, 6.07) is 12.6. The van der Waals surface area contributed by atoms with Crippen LogP contribution in [0.2, 0.25) is 5.02 Å². The molecule has 1 atom stereocenters. The van der Waals surface area contributed by atoms with Crippen molar-refractivity contribution in [1.29, 1.82) is 0 Å². The number of carboxylic acid groups (broad SMARTS) is 1. The molecule has 1 unspecified atom stereocenters. The van der Waals surface area contributed by atoms with E-state index in [1.54, 1.807) is 19.2 Å². The second-order valence-corrected chi connectivity index (χ2v) is 8.36. The Morgan fingerprint density at radius 2 is 1.90 bits per heavy atom. The zero-order chi connectivity index (χ0) is 22.0. The van der Waals surface area contributed by atoms with Gasteiger partial charge in [0.1, 0.15) is 5.75 Å². The largest absolute Gasteiger partial charge is 0.495 e. The van der Waals surface area contributed by atoms with Gasteiger partial charge < -0.3 is 19.7 Å². The van der Waals surface area contributed by atoms with Gasteiger partial charge in [0.2, 0.25) is 0 Å². The Labute approximate surface area is 189 Å². The predicted molar refractivity (Wildman–Crippen MR) is 122 cm³/mol. The highest BCUT2D eigenvalue weighted by Crippen LogP contribution is 2.37. The number of carboxylic acids is 1. The van der Waals surface area contributed by atoms with Crippen molar-refractivity contribution in [1.82, 2.24) is 9.55 Å². The van der Waals surface area contributed by atoms with Gasteiger partial charge in [-0.2, -0.15) is 0 Å². The van der Waals surface area contributed by atoms with Crippen LogP contribution in [0.1, 0.15) is 53.2 Å². The second kappa shape index (κ2) is 9.10. The highest BCUT2D eigenvalue weighted by molar-refractivity contribution is 9.10. The van der Waals surface area contributed by atoms with Gasteiger partial charge in [0.25, 0.3) is 0 Å². The molecule has 30 heavy (non-hydrogen) atoms. The Morgan fingerprint density at radius 1 is 1.23 bits per heavy atom. The minimum atomic E-state index is -1.10. The Kier molecular flexibility index (Phi) is 6.73. The summed E-state index contributed by atoms with van der Waals surface area (Å²) in [6.07, 6.45) is 0. The molecule has 1 heterocycles. The third-order valence-corrected chi connectivity index (χ3v) is 5.57. The number of nitrogens with zero attached hydrogens (tertiary/aromatic N) is 2. The number of benzene rings is 2. The maximum absolute atomic E-state index is 12.1. The number of halogens is 2. The molecule has 8 heteroatoms. The quantitative estimate of drug-likeness (QED) is 0.417. The summed E-state index contributed by atoms with van der Waals surface area (Å²) >= 11 is 9.53. The maximum atomic E-state index is 12.1. The van der Waals surface area contributed by atoms with Gasteiger partial charge >= 0.3 is 5.97 Å². The number of hydrogen-bond acceptors (Lipinski definition) is 4. The molecule has 0 saturated carbocycles. The van der Waals surface area contributed by atoms with Crippen LogP contribution in [0.25, 0.3) is 0 Å². The first-order chi connectivity index (χ1) is 14.2. The van der Waals surface area contributed by atoms with Gasteiger partial charge in [-0.15, -0.1) is 0 Å².